The van der Waals surface area contributed by atoms with Gasteiger partial charge in [0.2, 0.25) is 0 Å². The molecule has 0 atom stereocenters. The Bertz CT molecular complexity index is 720. The highest BCUT2D eigenvalue weighted by Crippen LogP contribution is 2.19. The fourth-order valence-electron chi connectivity index (χ4n) is 1.63. The summed E-state index contributed by atoms with van der Waals surface area (Å²) in [5.41, 5.74) is -0.0723. The van der Waals surface area contributed by atoms with Crippen molar-refractivity contribution in [3.63, 3.8) is 0 Å². The van der Waals surface area contributed by atoms with Crippen LogP contribution in [0.2, 0.25) is 0 Å². The molecule has 114 valence electrons. The Hall–Kier alpha value is -2.41. The van der Waals surface area contributed by atoms with E-state index >= 15 is 0 Å². The number of para-hydroxylation sites is 1. The number of phenols is 1. The lowest BCUT2D eigenvalue weighted by Crippen LogP contribution is -2.21. The van der Waals surface area contributed by atoms with Gasteiger partial charge < -0.3 is 15.2 Å². The molecular weight excluding hydrogens is 357 g/mol. The number of aromatic hydroxyl groups is 1. The Morgan fingerprint density at radius 2 is 1.95 bits per heavy atom. The Kier molecular flexibility index (Phi) is 5.11. The van der Waals surface area contributed by atoms with E-state index in [0.29, 0.717) is 4.47 Å². The molecule has 0 radical (unpaired) electrons. The van der Waals surface area contributed by atoms with Gasteiger partial charge in [-0.15, -0.1) is 0 Å². The normalized spacial score (nSPS) is 10.1. The molecule has 0 heterocycles. The van der Waals surface area contributed by atoms with E-state index in [1.54, 1.807) is 18.2 Å². The number of amides is 1. The number of hydrogen-bond donors (Lipinski definition) is 2. The summed E-state index contributed by atoms with van der Waals surface area (Å²) in [7, 11) is 0. The van der Waals surface area contributed by atoms with Gasteiger partial charge in [-0.1, -0.05) is 28.1 Å². The SMILES string of the molecule is O=C(COC(=O)c1ccccc1O)Nc1ccc(Br)cc1F. The molecule has 2 aromatic rings. The van der Waals surface area contributed by atoms with E-state index in [4.69, 9.17) is 4.74 Å². The zero-order chi connectivity index (χ0) is 16.1. The average Bonchev–Trinajstić information content (AvgIpc) is 2.48. The minimum absolute atomic E-state index is 0.0215. The van der Waals surface area contributed by atoms with Crippen molar-refractivity contribution < 1.29 is 23.8 Å². The molecular formula is C15H11BrFNO4. The number of phenolic OH excluding ortho intramolecular Hbond substituents is 1. The van der Waals surface area contributed by atoms with Crippen LogP contribution in [0.1, 0.15) is 10.4 Å². The molecule has 0 aliphatic heterocycles. The summed E-state index contributed by atoms with van der Waals surface area (Å²) in [6.07, 6.45) is 0. The third-order valence-electron chi connectivity index (χ3n) is 2.66. The Balaban J connectivity index is 1.93. The summed E-state index contributed by atoms with van der Waals surface area (Å²) in [5.74, 6) is -2.39. The summed E-state index contributed by atoms with van der Waals surface area (Å²) >= 11 is 3.10. The van der Waals surface area contributed by atoms with Crippen LogP contribution in [0.25, 0.3) is 0 Å². The predicted molar refractivity (Wildman–Crippen MR) is 81.1 cm³/mol. The zero-order valence-electron chi connectivity index (χ0n) is 11.2. The molecule has 2 rings (SSSR count). The number of ether oxygens (including phenoxy) is 1. The van der Waals surface area contributed by atoms with Gasteiger partial charge in [-0.25, -0.2) is 9.18 Å². The van der Waals surface area contributed by atoms with Crippen LogP contribution in [-0.4, -0.2) is 23.6 Å². The van der Waals surface area contributed by atoms with Crippen molar-refractivity contribution in [3.8, 4) is 5.75 Å². The second kappa shape index (κ2) is 7.04. The minimum atomic E-state index is -0.843. The molecule has 5 nitrogen and oxygen atoms in total. The maximum Gasteiger partial charge on any atom is 0.342 e. The topological polar surface area (TPSA) is 75.6 Å². The van der Waals surface area contributed by atoms with Gasteiger partial charge >= 0.3 is 5.97 Å². The average molecular weight is 368 g/mol. The van der Waals surface area contributed by atoms with Crippen LogP contribution < -0.4 is 5.32 Å². The van der Waals surface area contributed by atoms with Gasteiger partial charge in [0.05, 0.1) is 5.69 Å². The number of hydrogen-bond acceptors (Lipinski definition) is 4. The molecule has 0 bridgehead atoms. The molecule has 0 unspecified atom stereocenters. The molecule has 22 heavy (non-hydrogen) atoms. The first-order valence-corrected chi connectivity index (χ1v) is 6.96. The first-order valence-electron chi connectivity index (χ1n) is 6.17. The molecule has 0 saturated carbocycles. The Morgan fingerprint density at radius 1 is 1.23 bits per heavy atom. The molecule has 0 aliphatic rings. The number of benzene rings is 2. The van der Waals surface area contributed by atoms with Crippen LogP contribution in [0.3, 0.4) is 0 Å². The summed E-state index contributed by atoms with van der Waals surface area (Å²) < 4.78 is 18.8. The van der Waals surface area contributed by atoms with E-state index in [-0.39, 0.29) is 17.0 Å². The van der Waals surface area contributed by atoms with Gasteiger partial charge in [0.25, 0.3) is 5.91 Å². The third kappa shape index (κ3) is 4.05. The summed E-state index contributed by atoms with van der Waals surface area (Å²) in [6.45, 7) is -0.595. The standard InChI is InChI=1S/C15H11BrFNO4/c16-9-5-6-12(11(17)7-9)18-14(20)8-22-15(21)10-3-1-2-4-13(10)19/h1-7,19H,8H2,(H,18,20). The van der Waals surface area contributed by atoms with Gasteiger partial charge in [-0.3, -0.25) is 4.79 Å². The van der Waals surface area contributed by atoms with Crippen LogP contribution in [0, 0.1) is 5.82 Å². The number of nitrogens with one attached hydrogen (secondary N) is 1. The van der Waals surface area contributed by atoms with Gasteiger partial charge in [0.15, 0.2) is 6.61 Å². The van der Waals surface area contributed by atoms with Crippen molar-refractivity contribution in [1.82, 2.24) is 0 Å². The Morgan fingerprint density at radius 3 is 2.64 bits per heavy atom. The van der Waals surface area contributed by atoms with Crippen LogP contribution in [0.5, 0.6) is 5.75 Å². The van der Waals surface area contributed by atoms with Gasteiger partial charge in [0.1, 0.15) is 17.1 Å². The summed E-state index contributed by atoms with van der Waals surface area (Å²) in [4.78, 5) is 23.3. The van der Waals surface area contributed by atoms with E-state index in [1.807, 2.05) is 0 Å². The van der Waals surface area contributed by atoms with Gasteiger partial charge in [-0.05, 0) is 30.3 Å². The van der Waals surface area contributed by atoms with Crippen molar-refractivity contribution in [2.45, 2.75) is 0 Å². The van der Waals surface area contributed by atoms with E-state index in [1.165, 1.54) is 24.3 Å². The molecule has 2 N–H and O–H groups in total. The second-order valence-electron chi connectivity index (χ2n) is 4.27. The van der Waals surface area contributed by atoms with Crippen LogP contribution >= 0.6 is 15.9 Å². The number of carbonyl (C=O) groups excluding carboxylic acids is 2. The van der Waals surface area contributed by atoms with E-state index in [9.17, 15) is 19.1 Å². The number of rotatable bonds is 4. The highest BCUT2D eigenvalue weighted by Gasteiger charge is 2.14. The first-order chi connectivity index (χ1) is 10.5. The fourth-order valence-corrected chi connectivity index (χ4v) is 1.97. The van der Waals surface area contributed by atoms with Gasteiger partial charge in [-0.2, -0.15) is 0 Å². The molecule has 0 aromatic heterocycles. The number of esters is 1. The maximum atomic E-state index is 13.5. The van der Waals surface area contributed by atoms with E-state index < -0.39 is 24.3 Å². The lowest BCUT2D eigenvalue weighted by molar-refractivity contribution is -0.119. The van der Waals surface area contributed by atoms with Crippen molar-refractivity contribution >= 4 is 33.5 Å². The zero-order valence-corrected chi connectivity index (χ0v) is 12.8. The maximum absolute atomic E-state index is 13.5. The largest absolute Gasteiger partial charge is 0.507 e. The molecule has 0 aliphatic carbocycles. The lowest BCUT2D eigenvalue weighted by Gasteiger charge is -2.08. The number of halogens is 2. The minimum Gasteiger partial charge on any atom is -0.507 e. The molecule has 7 heteroatoms. The van der Waals surface area contributed by atoms with Crippen molar-refractivity contribution in [2.75, 3.05) is 11.9 Å². The molecule has 0 saturated heterocycles. The van der Waals surface area contributed by atoms with E-state index in [0.717, 1.165) is 0 Å². The molecule has 0 spiro atoms. The fraction of sp³-hybridized carbons (Fsp3) is 0.0667. The summed E-state index contributed by atoms with van der Waals surface area (Å²) in [6, 6.07) is 9.93. The predicted octanol–water partition coefficient (Wildman–Crippen LogP) is 3.09. The molecule has 0 fully saturated rings. The van der Waals surface area contributed by atoms with Crippen LogP contribution in [0.15, 0.2) is 46.9 Å². The third-order valence-corrected chi connectivity index (χ3v) is 3.16. The number of carbonyl (C=O) groups is 2. The van der Waals surface area contributed by atoms with Crippen molar-refractivity contribution in [2.24, 2.45) is 0 Å². The van der Waals surface area contributed by atoms with Crippen molar-refractivity contribution in [1.29, 1.82) is 0 Å². The smallest absolute Gasteiger partial charge is 0.342 e. The highest BCUT2D eigenvalue weighted by atomic mass is 79.9. The summed E-state index contributed by atoms with van der Waals surface area (Å²) in [5, 5.41) is 11.8. The molecule has 2 aromatic carbocycles. The first kappa shape index (κ1) is 16.0. The lowest BCUT2D eigenvalue weighted by atomic mass is 10.2. The van der Waals surface area contributed by atoms with Crippen LogP contribution in [0.4, 0.5) is 10.1 Å². The second-order valence-corrected chi connectivity index (χ2v) is 5.18. The quantitative estimate of drug-likeness (QED) is 0.814. The monoisotopic (exact) mass is 367 g/mol. The molecule has 1 amide bonds. The van der Waals surface area contributed by atoms with Gasteiger partial charge in [0, 0.05) is 4.47 Å². The van der Waals surface area contributed by atoms with E-state index in [2.05, 4.69) is 21.2 Å². The Labute approximate surface area is 133 Å². The van der Waals surface area contributed by atoms with Crippen LogP contribution in [-0.2, 0) is 9.53 Å². The number of anilines is 1. The highest BCUT2D eigenvalue weighted by molar-refractivity contribution is 9.10. The van der Waals surface area contributed by atoms with Crippen molar-refractivity contribution in [3.05, 3.63) is 58.3 Å².